The maximum Gasteiger partial charge on any atom is 0.224 e. The molecule has 0 heterocycles. The van der Waals surface area contributed by atoms with Gasteiger partial charge < -0.3 is 5.32 Å². The number of nitrogens with one attached hydrogen (secondary N) is 1. The third-order valence-electron chi connectivity index (χ3n) is 2.48. The molecule has 0 aromatic heterocycles. The molecule has 0 aliphatic rings. The molecule has 0 fully saturated rings. The predicted molar refractivity (Wildman–Crippen MR) is 62.8 cm³/mol. The maximum atomic E-state index is 13.0. The molecule has 1 amide bonds. The van der Waals surface area contributed by atoms with Crippen molar-refractivity contribution >= 4 is 17.5 Å². The van der Waals surface area contributed by atoms with Gasteiger partial charge in [0.05, 0.1) is 6.04 Å². The van der Waals surface area contributed by atoms with Crippen molar-refractivity contribution in [2.75, 3.05) is 5.88 Å². The van der Waals surface area contributed by atoms with Gasteiger partial charge in [0.1, 0.15) is 0 Å². The van der Waals surface area contributed by atoms with E-state index in [2.05, 4.69) is 5.32 Å². The Labute approximate surface area is 104 Å². The summed E-state index contributed by atoms with van der Waals surface area (Å²) in [5.41, 5.74) is 0.513. The summed E-state index contributed by atoms with van der Waals surface area (Å²) in [6.45, 7) is 3.39. The number of halogens is 3. The van der Waals surface area contributed by atoms with Crippen molar-refractivity contribution in [3.05, 3.63) is 35.4 Å². The second kappa shape index (κ2) is 5.96. The second-order valence-electron chi connectivity index (χ2n) is 3.96. The average molecular weight is 262 g/mol. The highest BCUT2D eigenvalue weighted by atomic mass is 35.5. The summed E-state index contributed by atoms with van der Waals surface area (Å²) in [7, 11) is 0. The minimum absolute atomic E-state index is 0.211. The van der Waals surface area contributed by atoms with Crippen LogP contribution in [0.4, 0.5) is 8.78 Å². The van der Waals surface area contributed by atoms with Gasteiger partial charge in [0, 0.05) is 11.8 Å². The SMILES string of the molecule is CC(CCl)C(=O)NC(C)c1ccc(F)c(F)c1. The lowest BCUT2D eigenvalue weighted by atomic mass is 10.1. The molecule has 1 N–H and O–H groups in total. The molecule has 94 valence electrons. The van der Waals surface area contributed by atoms with Crippen LogP contribution in [0.15, 0.2) is 18.2 Å². The monoisotopic (exact) mass is 261 g/mol. The predicted octanol–water partition coefficient (Wildman–Crippen LogP) is 3.02. The Kier molecular flexibility index (Phi) is 4.87. The molecule has 1 aromatic carbocycles. The summed E-state index contributed by atoms with van der Waals surface area (Å²) in [5, 5.41) is 2.68. The van der Waals surface area contributed by atoms with Crippen molar-refractivity contribution in [3.63, 3.8) is 0 Å². The lowest BCUT2D eigenvalue weighted by Crippen LogP contribution is -2.32. The van der Waals surface area contributed by atoms with Crippen molar-refractivity contribution < 1.29 is 13.6 Å². The zero-order valence-corrected chi connectivity index (χ0v) is 10.4. The minimum Gasteiger partial charge on any atom is -0.349 e. The molecule has 1 rings (SSSR count). The van der Waals surface area contributed by atoms with E-state index in [9.17, 15) is 13.6 Å². The Morgan fingerprint density at radius 2 is 2.00 bits per heavy atom. The van der Waals surface area contributed by atoms with Gasteiger partial charge in [-0.15, -0.1) is 11.6 Å². The smallest absolute Gasteiger partial charge is 0.224 e. The van der Waals surface area contributed by atoms with Gasteiger partial charge in [-0.3, -0.25) is 4.79 Å². The Bertz CT molecular complexity index is 411. The van der Waals surface area contributed by atoms with Crippen molar-refractivity contribution in [3.8, 4) is 0 Å². The number of hydrogen-bond donors (Lipinski definition) is 1. The molecule has 5 heteroatoms. The van der Waals surface area contributed by atoms with Crippen LogP contribution in [-0.2, 0) is 4.79 Å². The first-order valence-corrected chi connectivity index (χ1v) is 5.80. The molecule has 0 spiro atoms. The normalized spacial score (nSPS) is 14.2. The Balaban J connectivity index is 2.73. The van der Waals surface area contributed by atoms with Gasteiger partial charge in [-0.1, -0.05) is 13.0 Å². The van der Waals surface area contributed by atoms with Crippen molar-refractivity contribution in [2.24, 2.45) is 5.92 Å². The van der Waals surface area contributed by atoms with Crippen LogP contribution in [0.5, 0.6) is 0 Å². The quantitative estimate of drug-likeness (QED) is 0.830. The summed E-state index contributed by atoms with van der Waals surface area (Å²) in [5.74, 6) is -2.13. The number of alkyl halides is 1. The fourth-order valence-corrected chi connectivity index (χ4v) is 1.43. The van der Waals surface area contributed by atoms with Crippen LogP contribution in [-0.4, -0.2) is 11.8 Å². The molecule has 1 aromatic rings. The van der Waals surface area contributed by atoms with Gasteiger partial charge in [-0.2, -0.15) is 0 Å². The average Bonchev–Trinajstić information content (AvgIpc) is 2.31. The highest BCUT2D eigenvalue weighted by molar-refractivity contribution is 6.19. The summed E-state index contributed by atoms with van der Waals surface area (Å²) in [4.78, 5) is 11.5. The molecular formula is C12H14ClF2NO. The topological polar surface area (TPSA) is 29.1 Å². The van der Waals surface area contributed by atoms with Gasteiger partial charge in [-0.05, 0) is 24.6 Å². The van der Waals surface area contributed by atoms with Crippen LogP contribution < -0.4 is 5.32 Å². The van der Waals surface area contributed by atoms with E-state index < -0.39 is 11.6 Å². The Hall–Kier alpha value is -1.16. The molecule has 0 saturated carbocycles. The largest absolute Gasteiger partial charge is 0.349 e. The molecule has 0 radical (unpaired) electrons. The molecule has 0 bridgehead atoms. The van der Waals surface area contributed by atoms with Gasteiger partial charge in [0.25, 0.3) is 0 Å². The fourth-order valence-electron chi connectivity index (χ4n) is 1.29. The lowest BCUT2D eigenvalue weighted by Gasteiger charge is -2.16. The van der Waals surface area contributed by atoms with E-state index in [1.807, 2.05) is 0 Å². The summed E-state index contributed by atoms with van der Waals surface area (Å²) in [6.07, 6.45) is 0. The molecular weight excluding hydrogens is 248 g/mol. The number of rotatable bonds is 4. The maximum absolute atomic E-state index is 13.0. The van der Waals surface area contributed by atoms with Crippen LogP contribution >= 0.6 is 11.6 Å². The molecule has 0 aliphatic carbocycles. The van der Waals surface area contributed by atoms with E-state index in [1.54, 1.807) is 13.8 Å². The lowest BCUT2D eigenvalue weighted by molar-refractivity contribution is -0.124. The van der Waals surface area contributed by atoms with Crippen LogP contribution in [0.3, 0.4) is 0 Å². The first kappa shape index (κ1) is 13.9. The van der Waals surface area contributed by atoms with Gasteiger partial charge in [-0.25, -0.2) is 8.78 Å². The van der Waals surface area contributed by atoms with Gasteiger partial charge in [0.2, 0.25) is 5.91 Å². The highest BCUT2D eigenvalue weighted by Crippen LogP contribution is 2.16. The van der Waals surface area contributed by atoms with E-state index in [4.69, 9.17) is 11.6 Å². The van der Waals surface area contributed by atoms with Crippen LogP contribution in [0, 0.1) is 17.6 Å². The molecule has 0 aliphatic heterocycles. The standard InChI is InChI=1S/C12H14ClF2NO/c1-7(6-13)12(17)16-8(2)9-3-4-10(14)11(15)5-9/h3-5,7-8H,6H2,1-2H3,(H,16,17). The van der Waals surface area contributed by atoms with E-state index in [-0.39, 0.29) is 23.7 Å². The first-order chi connectivity index (χ1) is 7.95. The van der Waals surface area contributed by atoms with E-state index in [1.165, 1.54) is 6.07 Å². The van der Waals surface area contributed by atoms with Crippen LogP contribution in [0.2, 0.25) is 0 Å². The van der Waals surface area contributed by atoms with Crippen molar-refractivity contribution in [1.29, 1.82) is 0 Å². The minimum atomic E-state index is -0.922. The fraction of sp³-hybridized carbons (Fsp3) is 0.417. The zero-order chi connectivity index (χ0) is 13.0. The van der Waals surface area contributed by atoms with E-state index in [0.29, 0.717) is 5.56 Å². The Morgan fingerprint density at radius 3 is 2.53 bits per heavy atom. The molecule has 2 atom stereocenters. The number of amides is 1. The third kappa shape index (κ3) is 3.66. The van der Waals surface area contributed by atoms with Gasteiger partial charge >= 0.3 is 0 Å². The van der Waals surface area contributed by atoms with E-state index in [0.717, 1.165) is 12.1 Å². The first-order valence-electron chi connectivity index (χ1n) is 5.27. The summed E-state index contributed by atoms with van der Waals surface area (Å²) >= 11 is 5.55. The van der Waals surface area contributed by atoms with Crippen molar-refractivity contribution in [2.45, 2.75) is 19.9 Å². The summed E-state index contributed by atoms with van der Waals surface area (Å²) in [6, 6.07) is 3.17. The van der Waals surface area contributed by atoms with Crippen LogP contribution in [0.1, 0.15) is 25.5 Å². The summed E-state index contributed by atoms with van der Waals surface area (Å²) < 4.78 is 25.7. The van der Waals surface area contributed by atoms with Gasteiger partial charge in [0.15, 0.2) is 11.6 Å². The number of carbonyl (C=O) groups is 1. The van der Waals surface area contributed by atoms with E-state index >= 15 is 0 Å². The van der Waals surface area contributed by atoms with Crippen LogP contribution in [0.25, 0.3) is 0 Å². The number of carbonyl (C=O) groups excluding carboxylic acids is 1. The molecule has 2 nitrogen and oxygen atoms in total. The molecule has 2 unspecified atom stereocenters. The number of hydrogen-bond acceptors (Lipinski definition) is 1. The third-order valence-corrected chi connectivity index (χ3v) is 2.94. The number of benzene rings is 1. The zero-order valence-electron chi connectivity index (χ0n) is 9.64. The Morgan fingerprint density at radius 1 is 1.35 bits per heavy atom. The molecule has 17 heavy (non-hydrogen) atoms. The van der Waals surface area contributed by atoms with Crippen molar-refractivity contribution in [1.82, 2.24) is 5.32 Å². The highest BCUT2D eigenvalue weighted by Gasteiger charge is 2.16. The second-order valence-corrected chi connectivity index (χ2v) is 4.27. The molecule has 0 saturated heterocycles.